The Morgan fingerprint density at radius 2 is 1.73 bits per heavy atom. The molecule has 2 aromatic carbocycles. The number of hydrogen-bond donors (Lipinski definition) is 0. The van der Waals surface area contributed by atoms with E-state index in [1.54, 1.807) is 0 Å². The van der Waals surface area contributed by atoms with Crippen molar-refractivity contribution < 1.29 is 18.7 Å². The first-order chi connectivity index (χ1) is 18.0. The smallest absolute Gasteiger partial charge is 0.180 e. The highest BCUT2D eigenvalue weighted by atomic mass is 16.5. The van der Waals surface area contributed by atoms with Gasteiger partial charge < -0.3 is 23.6 Å². The number of benzene rings is 2. The summed E-state index contributed by atoms with van der Waals surface area (Å²) in [5, 5.41) is 4.35. The summed E-state index contributed by atoms with van der Waals surface area (Å²) in [6.45, 7) is 14.5. The highest BCUT2D eigenvalue weighted by Gasteiger charge is 2.33. The van der Waals surface area contributed by atoms with E-state index < -0.39 is 0 Å². The molecule has 0 saturated carbocycles. The molecule has 0 saturated heterocycles. The Morgan fingerprint density at radius 1 is 0.946 bits per heavy atom. The van der Waals surface area contributed by atoms with Gasteiger partial charge >= 0.3 is 0 Å². The van der Waals surface area contributed by atoms with E-state index >= 15 is 0 Å². The number of aryl methyl sites for hydroxylation is 1. The zero-order chi connectivity index (χ0) is 26.4. The van der Waals surface area contributed by atoms with Gasteiger partial charge in [-0.25, -0.2) is 0 Å². The van der Waals surface area contributed by atoms with Gasteiger partial charge in [0, 0.05) is 23.9 Å². The Labute approximate surface area is 220 Å². The molecule has 6 heteroatoms. The second kappa shape index (κ2) is 12.2. The van der Waals surface area contributed by atoms with Gasteiger partial charge in [-0.2, -0.15) is 0 Å². The molecule has 0 aliphatic carbocycles. The molecule has 1 aliphatic rings. The molecule has 1 atom stereocenters. The van der Waals surface area contributed by atoms with Crippen LogP contribution in [0.2, 0.25) is 0 Å². The number of nitrogens with zero attached hydrogens (tertiary/aromatic N) is 2. The van der Waals surface area contributed by atoms with Crippen LogP contribution in [-0.2, 0) is 27.4 Å². The van der Waals surface area contributed by atoms with E-state index in [-0.39, 0.29) is 6.04 Å². The molecule has 0 amide bonds. The Bertz CT molecular complexity index is 1260. The van der Waals surface area contributed by atoms with E-state index in [1.165, 1.54) is 11.1 Å². The molecule has 4 rings (SSSR count). The summed E-state index contributed by atoms with van der Waals surface area (Å²) in [5.41, 5.74) is 6.74. The molecule has 1 unspecified atom stereocenters. The van der Waals surface area contributed by atoms with E-state index in [0.717, 1.165) is 51.9 Å². The van der Waals surface area contributed by atoms with Gasteiger partial charge in [-0.05, 0) is 69.4 Å². The van der Waals surface area contributed by atoms with Crippen molar-refractivity contribution in [2.24, 2.45) is 0 Å². The second-order valence-electron chi connectivity index (χ2n) is 9.17. The minimum atomic E-state index is -0.0768. The molecule has 6 nitrogen and oxygen atoms in total. The first kappa shape index (κ1) is 26.6. The maximum Gasteiger partial charge on any atom is 0.180 e. The van der Waals surface area contributed by atoms with Gasteiger partial charge in [0.15, 0.2) is 17.3 Å². The quantitative estimate of drug-likeness (QED) is 0.271. The molecule has 37 heavy (non-hydrogen) atoms. The second-order valence-corrected chi connectivity index (χ2v) is 9.17. The predicted molar refractivity (Wildman–Crippen MR) is 147 cm³/mol. The van der Waals surface area contributed by atoms with Gasteiger partial charge in [0.25, 0.3) is 0 Å². The molecule has 0 radical (unpaired) electrons. The fourth-order valence-corrected chi connectivity index (χ4v) is 4.68. The van der Waals surface area contributed by atoms with Gasteiger partial charge in [0.05, 0.1) is 19.3 Å². The van der Waals surface area contributed by atoms with Crippen molar-refractivity contribution >= 4 is 5.82 Å². The lowest BCUT2D eigenvalue weighted by atomic mass is 9.98. The molecule has 0 bridgehead atoms. The summed E-state index contributed by atoms with van der Waals surface area (Å²) in [6, 6.07) is 16.8. The summed E-state index contributed by atoms with van der Waals surface area (Å²) in [5.74, 6) is 3.21. The van der Waals surface area contributed by atoms with Crippen LogP contribution in [0.5, 0.6) is 0 Å². The van der Waals surface area contributed by atoms with E-state index in [9.17, 15) is 0 Å². The molecule has 1 aliphatic heterocycles. The van der Waals surface area contributed by atoms with E-state index in [4.69, 9.17) is 18.7 Å². The summed E-state index contributed by atoms with van der Waals surface area (Å²) >= 11 is 0. The van der Waals surface area contributed by atoms with Crippen LogP contribution in [0.4, 0.5) is 5.82 Å². The first-order valence-corrected chi connectivity index (χ1v) is 13.2. The first-order valence-electron chi connectivity index (χ1n) is 13.2. The van der Waals surface area contributed by atoms with Crippen molar-refractivity contribution in [3.05, 3.63) is 94.3 Å². The molecule has 0 spiro atoms. The summed E-state index contributed by atoms with van der Waals surface area (Å²) in [7, 11) is 0. The number of hydrogen-bond acceptors (Lipinski definition) is 6. The van der Waals surface area contributed by atoms with Crippen molar-refractivity contribution in [1.82, 2.24) is 5.16 Å². The average molecular weight is 503 g/mol. The van der Waals surface area contributed by atoms with Gasteiger partial charge in [-0.1, -0.05) is 54.5 Å². The van der Waals surface area contributed by atoms with E-state index in [2.05, 4.69) is 72.4 Å². The molecule has 196 valence electrons. The molecule has 1 aromatic heterocycles. The molecule has 3 aromatic rings. The maximum absolute atomic E-state index is 6.43. The van der Waals surface area contributed by atoms with Crippen LogP contribution in [0.15, 0.2) is 76.3 Å². The van der Waals surface area contributed by atoms with Crippen LogP contribution >= 0.6 is 0 Å². The SMILES string of the molecule is CCOCc1cc(COC2=C(OCC)C(C)N(c3noc(C)c3C)C(CC)=C2)ccc1-c1ccccc1. The lowest BCUT2D eigenvalue weighted by Gasteiger charge is -2.36. The molecule has 0 fully saturated rings. The van der Waals surface area contributed by atoms with Crippen LogP contribution in [0.25, 0.3) is 11.1 Å². The van der Waals surface area contributed by atoms with Gasteiger partial charge in [0.2, 0.25) is 0 Å². The monoisotopic (exact) mass is 502 g/mol. The summed E-state index contributed by atoms with van der Waals surface area (Å²) in [6.07, 6.45) is 2.90. The Balaban J connectivity index is 1.62. The van der Waals surface area contributed by atoms with Crippen LogP contribution < -0.4 is 4.90 Å². The maximum atomic E-state index is 6.43. The zero-order valence-electron chi connectivity index (χ0n) is 22.8. The number of ether oxygens (including phenoxy) is 3. The van der Waals surface area contributed by atoms with Crippen molar-refractivity contribution in [3.8, 4) is 11.1 Å². The number of rotatable bonds is 11. The number of allylic oxidation sites excluding steroid dienone is 2. The predicted octanol–water partition coefficient (Wildman–Crippen LogP) is 7.46. The zero-order valence-corrected chi connectivity index (χ0v) is 22.8. The number of anilines is 1. The third-order valence-corrected chi connectivity index (χ3v) is 6.75. The molecular weight excluding hydrogens is 464 g/mol. The van der Waals surface area contributed by atoms with Crippen molar-refractivity contribution in [3.63, 3.8) is 0 Å². The largest absolute Gasteiger partial charge is 0.492 e. The summed E-state index contributed by atoms with van der Waals surface area (Å²) in [4.78, 5) is 2.19. The Morgan fingerprint density at radius 3 is 2.38 bits per heavy atom. The molecule has 0 N–H and O–H groups in total. The Hall–Kier alpha value is -3.51. The highest BCUT2D eigenvalue weighted by Crippen LogP contribution is 2.36. The van der Waals surface area contributed by atoms with Gasteiger partial charge in [-0.3, -0.25) is 0 Å². The van der Waals surface area contributed by atoms with Crippen LogP contribution in [-0.4, -0.2) is 24.4 Å². The van der Waals surface area contributed by atoms with Crippen LogP contribution in [0.3, 0.4) is 0 Å². The minimum Gasteiger partial charge on any atom is -0.492 e. The number of aromatic nitrogens is 1. The lowest BCUT2D eigenvalue weighted by molar-refractivity contribution is 0.133. The standard InChI is InChI=1S/C31H38N2O4/c1-7-27-18-29(30(35-9-3)22(5)33(27)31-21(4)23(6)37-32-31)36-19-24-15-16-28(25-13-11-10-12-14-25)26(17-24)20-34-8-2/h10-18,22H,7-9,19-20H2,1-6H3. The van der Waals surface area contributed by atoms with Crippen molar-refractivity contribution in [2.45, 2.75) is 67.2 Å². The lowest BCUT2D eigenvalue weighted by Crippen LogP contribution is -2.38. The molecular formula is C31H38N2O4. The van der Waals surface area contributed by atoms with Crippen molar-refractivity contribution in [2.75, 3.05) is 18.1 Å². The van der Waals surface area contributed by atoms with Gasteiger partial charge in [0.1, 0.15) is 12.4 Å². The fraction of sp³-hybridized carbons (Fsp3) is 0.387. The fourth-order valence-electron chi connectivity index (χ4n) is 4.68. The average Bonchev–Trinajstić information content (AvgIpc) is 3.25. The van der Waals surface area contributed by atoms with Gasteiger partial charge in [-0.15, -0.1) is 0 Å². The van der Waals surface area contributed by atoms with Crippen LogP contribution in [0.1, 0.15) is 56.6 Å². The molecule has 2 heterocycles. The minimum absolute atomic E-state index is 0.0768. The third kappa shape index (κ3) is 5.75. The normalized spacial score (nSPS) is 15.7. The van der Waals surface area contributed by atoms with Crippen LogP contribution in [0, 0.1) is 13.8 Å². The summed E-state index contributed by atoms with van der Waals surface area (Å²) < 4.78 is 23.8. The van der Waals surface area contributed by atoms with E-state index in [0.29, 0.717) is 26.4 Å². The topological polar surface area (TPSA) is 57.0 Å². The highest BCUT2D eigenvalue weighted by molar-refractivity contribution is 5.67. The van der Waals surface area contributed by atoms with Crippen molar-refractivity contribution in [1.29, 1.82) is 0 Å². The third-order valence-electron chi connectivity index (χ3n) is 6.75. The Kier molecular flexibility index (Phi) is 8.72. The van der Waals surface area contributed by atoms with E-state index in [1.807, 2.05) is 33.8 Å².